The van der Waals surface area contributed by atoms with Crippen LogP contribution in [0.4, 0.5) is 0 Å². The molecule has 1 aromatic heterocycles. The lowest BCUT2D eigenvalue weighted by atomic mass is 10.2. The number of aryl methyl sites for hydroxylation is 1. The first-order valence-electron chi connectivity index (χ1n) is 5.07. The van der Waals surface area contributed by atoms with Gasteiger partial charge in [0, 0.05) is 17.8 Å². The van der Waals surface area contributed by atoms with Crippen LogP contribution in [0.25, 0.3) is 0 Å². The molecular formula is C10H19N3O. The summed E-state index contributed by atoms with van der Waals surface area (Å²) in [7, 11) is 0. The molecule has 0 amide bonds. The first kappa shape index (κ1) is 11.2. The van der Waals surface area contributed by atoms with Crippen LogP contribution in [0.5, 0.6) is 0 Å². The normalized spacial score (nSPS) is 13.1. The maximum absolute atomic E-state index is 9.04. The number of aromatic amines is 1. The molecule has 0 fully saturated rings. The molecule has 0 radical (unpaired) electrons. The zero-order chi connectivity index (χ0) is 10.4. The lowest BCUT2D eigenvalue weighted by Crippen LogP contribution is -2.16. The molecular weight excluding hydrogens is 178 g/mol. The standard InChI is InChI=1S/C10H19N3O/c1-8(14)4-3-5-11-6-10-7-12-13-9(10)2/h7-8,11,14H,3-6H2,1-2H3,(H,12,13). The van der Waals surface area contributed by atoms with Crippen molar-refractivity contribution in [3.8, 4) is 0 Å². The number of aliphatic hydroxyl groups excluding tert-OH is 1. The number of aromatic nitrogens is 2. The average Bonchev–Trinajstić information content (AvgIpc) is 2.51. The first-order chi connectivity index (χ1) is 6.70. The fourth-order valence-electron chi connectivity index (χ4n) is 1.30. The molecule has 4 nitrogen and oxygen atoms in total. The van der Waals surface area contributed by atoms with Gasteiger partial charge in [0.1, 0.15) is 0 Å². The van der Waals surface area contributed by atoms with Gasteiger partial charge in [0.25, 0.3) is 0 Å². The third-order valence-corrected chi connectivity index (χ3v) is 2.23. The van der Waals surface area contributed by atoms with E-state index in [4.69, 9.17) is 5.11 Å². The van der Waals surface area contributed by atoms with Gasteiger partial charge in [-0.2, -0.15) is 5.10 Å². The number of aliphatic hydroxyl groups is 1. The summed E-state index contributed by atoms with van der Waals surface area (Å²) in [5.41, 5.74) is 2.33. The highest BCUT2D eigenvalue weighted by Crippen LogP contribution is 2.01. The highest BCUT2D eigenvalue weighted by molar-refractivity contribution is 5.13. The van der Waals surface area contributed by atoms with Crippen LogP contribution in [-0.2, 0) is 6.54 Å². The average molecular weight is 197 g/mol. The van der Waals surface area contributed by atoms with Crippen LogP contribution in [0.2, 0.25) is 0 Å². The Kier molecular flexibility index (Phi) is 4.62. The van der Waals surface area contributed by atoms with Crippen LogP contribution in [0.3, 0.4) is 0 Å². The van der Waals surface area contributed by atoms with Crippen LogP contribution in [0.1, 0.15) is 31.0 Å². The van der Waals surface area contributed by atoms with Crippen LogP contribution < -0.4 is 5.32 Å². The SMILES string of the molecule is Cc1[nH]ncc1CNCCCC(C)O. The zero-order valence-corrected chi connectivity index (χ0v) is 8.88. The van der Waals surface area contributed by atoms with Gasteiger partial charge in [0.05, 0.1) is 12.3 Å². The Labute approximate surface area is 84.7 Å². The molecule has 0 aliphatic rings. The molecule has 0 spiro atoms. The molecule has 14 heavy (non-hydrogen) atoms. The van der Waals surface area contributed by atoms with E-state index < -0.39 is 0 Å². The van der Waals surface area contributed by atoms with Crippen molar-refractivity contribution in [2.75, 3.05) is 6.54 Å². The smallest absolute Gasteiger partial charge is 0.0535 e. The number of rotatable bonds is 6. The lowest BCUT2D eigenvalue weighted by Gasteiger charge is -2.05. The number of nitrogens with zero attached hydrogens (tertiary/aromatic N) is 1. The second-order valence-corrected chi connectivity index (χ2v) is 3.69. The predicted molar refractivity (Wildman–Crippen MR) is 55.9 cm³/mol. The van der Waals surface area contributed by atoms with E-state index >= 15 is 0 Å². The van der Waals surface area contributed by atoms with Crippen LogP contribution in [-0.4, -0.2) is 28.0 Å². The van der Waals surface area contributed by atoms with Gasteiger partial charge in [0.2, 0.25) is 0 Å². The van der Waals surface area contributed by atoms with Crippen molar-refractivity contribution in [3.63, 3.8) is 0 Å². The molecule has 0 bridgehead atoms. The minimum Gasteiger partial charge on any atom is -0.393 e. The third kappa shape index (κ3) is 3.89. The summed E-state index contributed by atoms with van der Waals surface area (Å²) in [6.07, 6.45) is 3.52. The maximum Gasteiger partial charge on any atom is 0.0535 e. The number of H-pyrrole nitrogens is 1. The van der Waals surface area contributed by atoms with Crippen LogP contribution >= 0.6 is 0 Å². The summed E-state index contributed by atoms with van der Waals surface area (Å²) in [5.74, 6) is 0. The monoisotopic (exact) mass is 197 g/mol. The second kappa shape index (κ2) is 5.78. The third-order valence-electron chi connectivity index (χ3n) is 2.23. The molecule has 3 N–H and O–H groups in total. The van der Waals surface area contributed by atoms with E-state index in [-0.39, 0.29) is 6.10 Å². The number of hydrogen-bond acceptors (Lipinski definition) is 3. The van der Waals surface area contributed by atoms with Gasteiger partial charge in [-0.05, 0) is 33.2 Å². The van der Waals surface area contributed by atoms with Gasteiger partial charge in [-0.1, -0.05) is 0 Å². The molecule has 0 saturated carbocycles. The van der Waals surface area contributed by atoms with Crippen molar-refractivity contribution in [2.24, 2.45) is 0 Å². The summed E-state index contributed by atoms with van der Waals surface area (Å²) >= 11 is 0. The summed E-state index contributed by atoms with van der Waals surface area (Å²) in [5, 5.41) is 19.2. The molecule has 1 aromatic rings. The first-order valence-corrected chi connectivity index (χ1v) is 5.07. The molecule has 1 heterocycles. The van der Waals surface area contributed by atoms with Gasteiger partial charge in [-0.15, -0.1) is 0 Å². The van der Waals surface area contributed by atoms with Crippen molar-refractivity contribution in [1.82, 2.24) is 15.5 Å². The van der Waals surface area contributed by atoms with Gasteiger partial charge in [-0.3, -0.25) is 5.10 Å². The number of nitrogens with one attached hydrogen (secondary N) is 2. The second-order valence-electron chi connectivity index (χ2n) is 3.69. The largest absolute Gasteiger partial charge is 0.393 e. The van der Waals surface area contributed by atoms with Crippen LogP contribution in [0, 0.1) is 6.92 Å². The minimum absolute atomic E-state index is 0.188. The molecule has 80 valence electrons. The van der Waals surface area contributed by atoms with E-state index in [0.29, 0.717) is 0 Å². The molecule has 1 unspecified atom stereocenters. The van der Waals surface area contributed by atoms with Crippen molar-refractivity contribution < 1.29 is 5.11 Å². The van der Waals surface area contributed by atoms with Crippen molar-refractivity contribution in [2.45, 2.75) is 39.3 Å². The van der Waals surface area contributed by atoms with Gasteiger partial charge in [0.15, 0.2) is 0 Å². The molecule has 0 aromatic carbocycles. The highest BCUT2D eigenvalue weighted by Gasteiger charge is 1.99. The van der Waals surface area contributed by atoms with E-state index in [2.05, 4.69) is 15.5 Å². The fraction of sp³-hybridized carbons (Fsp3) is 0.700. The quantitative estimate of drug-likeness (QED) is 0.595. The molecule has 0 aliphatic heterocycles. The van der Waals surface area contributed by atoms with E-state index in [1.54, 1.807) is 0 Å². The Morgan fingerprint density at radius 2 is 2.43 bits per heavy atom. The van der Waals surface area contributed by atoms with Gasteiger partial charge < -0.3 is 10.4 Å². The Morgan fingerprint density at radius 3 is 3.00 bits per heavy atom. The Morgan fingerprint density at radius 1 is 1.64 bits per heavy atom. The van der Waals surface area contributed by atoms with E-state index in [1.807, 2.05) is 20.0 Å². The Balaban J connectivity index is 2.08. The van der Waals surface area contributed by atoms with Crippen molar-refractivity contribution >= 4 is 0 Å². The lowest BCUT2D eigenvalue weighted by molar-refractivity contribution is 0.181. The van der Waals surface area contributed by atoms with E-state index in [0.717, 1.165) is 31.6 Å². The van der Waals surface area contributed by atoms with Gasteiger partial charge >= 0.3 is 0 Å². The molecule has 1 atom stereocenters. The van der Waals surface area contributed by atoms with Gasteiger partial charge in [-0.25, -0.2) is 0 Å². The van der Waals surface area contributed by atoms with E-state index in [9.17, 15) is 0 Å². The minimum atomic E-state index is -0.188. The molecule has 0 aliphatic carbocycles. The van der Waals surface area contributed by atoms with Crippen molar-refractivity contribution in [1.29, 1.82) is 0 Å². The number of hydrogen-bond donors (Lipinski definition) is 3. The maximum atomic E-state index is 9.04. The molecule has 4 heteroatoms. The topological polar surface area (TPSA) is 60.9 Å². The summed E-state index contributed by atoms with van der Waals surface area (Å²) in [6.45, 7) is 5.62. The highest BCUT2D eigenvalue weighted by atomic mass is 16.3. The fourth-order valence-corrected chi connectivity index (χ4v) is 1.30. The van der Waals surface area contributed by atoms with Crippen LogP contribution in [0.15, 0.2) is 6.20 Å². The summed E-state index contributed by atoms with van der Waals surface area (Å²) in [4.78, 5) is 0. The molecule has 1 rings (SSSR count). The van der Waals surface area contributed by atoms with Crippen molar-refractivity contribution in [3.05, 3.63) is 17.5 Å². The summed E-state index contributed by atoms with van der Waals surface area (Å²) in [6, 6.07) is 0. The summed E-state index contributed by atoms with van der Waals surface area (Å²) < 4.78 is 0. The Hall–Kier alpha value is -0.870. The zero-order valence-electron chi connectivity index (χ0n) is 8.88. The predicted octanol–water partition coefficient (Wildman–Crippen LogP) is 0.969. The molecule has 0 saturated heterocycles. The Bertz CT molecular complexity index is 258. The van der Waals surface area contributed by atoms with E-state index in [1.165, 1.54) is 5.56 Å².